The van der Waals surface area contributed by atoms with Crippen LogP contribution in [-0.4, -0.2) is 5.78 Å². The largest absolute Gasteiger partial charge is 0.288 e. The molecule has 0 aliphatic carbocycles. The Kier molecular flexibility index (Phi) is 4.31. The molecule has 1 aromatic heterocycles. The Labute approximate surface area is 129 Å². The van der Waals surface area contributed by atoms with E-state index in [-0.39, 0.29) is 5.78 Å². The first-order valence-electron chi connectivity index (χ1n) is 4.43. The monoisotopic (exact) mass is 412 g/mol. The predicted molar refractivity (Wildman–Crippen MR) is 79.6 cm³/mol. The lowest BCUT2D eigenvalue weighted by atomic mass is 10.1. The maximum Gasteiger partial charge on any atom is 0.204 e. The second-order valence-corrected chi connectivity index (χ2v) is 7.25. The third-order valence-corrected chi connectivity index (χ3v) is 5.86. The molecule has 1 aromatic carbocycles. The van der Waals surface area contributed by atoms with E-state index >= 15 is 0 Å². The Bertz CT molecular complexity index is 576. The van der Waals surface area contributed by atoms with Crippen LogP contribution in [0.2, 0.25) is 10.0 Å². The second kappa shape index (κ2) is 5.41. The van der Waals surface area contributed by atoms with Crippen LogP contribution in [0.25, 0.3) is 0 Å². The Morgan fingerprint density at radius 1 is 1.18 bits per heavy atom. The van der Waals surface area contributed by atoms with E-state index in [9.17, 15) is 4.79 Å². The topological polar surface area (TPSA) is 17.1 Å². The summed E-state index contributed by atoms with van der Waals surface area (Å²) in [6.07, 6.45) is 0. The number of thiophene rings is 1. The average molecular weight is 415 g/mol. The maximum atomic E-state index is 12.2. The van der Waals surface area contributed by atoms with Crippen LogP contribution in [-0.2, 0) is 0 Å². The summed E-state index contributed by atoms with van der Waals surface area (Å²) < 4.78 is 1.73. The number of carbonyl (C=O) groups excluding carboxylic acids is 1. The van der Waals surface area contributed by atoms with E-state index in [0.29, 0.717) is 20.5 Å². The fourth-order valence-electron chi connectivity index (χ4n) is 1.26. The summed E-state index contributed by atoms with van der Waals surface area (Å²) in [6.45, 7) is 0. The van der Waals surface area contributed by atoms with E-state index in [1.54, 1.807) is 24.3 Å². The molecule has 0 saturated carbocycles. The third-order valence-electron chi connectivity index (χ3n) is 2.04. The molecule has 1 nitrogen and oxygen atoms in total. The summed E-state index contributed by atoms with van der Waals surface area (Å²) >= 11 is 19.9. The van der Waals surface area contributed by atoms with Crippen molar-refractivity contribution >= 4 is 72.2 Å². The number of hydrogen-bond acceptors (Lipinski definition) is 2. The van der Waals surface area contributed by atoms with Crippen molar-refractivity contribution < 1.29 is 4.79 Å². The minimum Gasteiger partial charge on any atom is -0.288 e. The van der Waals surface area contributed by atoms with Gasteiger partial charge in [-0.15, -0.1) is 11.3 Å². The van der Waals surface area contributed by atoms with Crippen molar-refractivity contribution in [1.82, 2.24) is 0 Å². The molecule has 0 saturated heterocycles. The molecule has 17 heavy (non-hydrogen) atoms. The number of carbonyl (C=O) groups is 1. The van der Waals surface area contributed by atoms with Crippen molar-refractivity contribution in [1.29, 1.82) is 0 Å². The molecule has 6 heteroatoms. The lowest BCUT2D eigenvalue weighted by molar-refractivity contribution is 0.104. The van der Waals surface area contributed by atoms with Gasteiger partial charge in [-0.3, -0.25) is 4.79 Å². The lowest BCUT2D eigenvalue weighted by Gasteiger charge is -2.01. The summed E-state index contributed by atoms with van der Waals surface area (Å²) in [6, 6.07) is 6.61. The van der Waals surface area contributed by atoms with Crippen LogP contribution in [0.4, 0.5) is 0 Å². The summed E-state index contributed by atoms with van der Waals surface area (Å²) in [4.78, 5) is 12.8. The Morgan fingerprint density at radius 3 is 2.47 bits per heavy atom. The van der Waals surface area contributed by atoms with Gasteiger partial charge in [0, 0.05) is 15.1 Å². The maximum absolute atomic E-state index is 12.2. The molecule has 0 unspecified atom stereocenters. The van der Waals surface area contributed by atoms with E-state index in [2.05, 4.69) is 31.9 Å². The summed E-state index contributed by atoms with van der Waals surface area (Å²) in [5.74, 6) is -0.131. The molecule has 0 amide bonds. The molecular weight excluding hydrogens is 411 g/mol. The molecule has 0 radical (unpaired) electrons. The highest BCUT2D eigenvalue weighted by atomic mass is 79.9. The molecule has 0 aliphatic heterocycles. The van der Waals surface area contributed by atoms with Gasteiger partial charge in [0.2, 0.25) is 5.78 Å². The highest BCUT2D eigenvalue weighted by Gasteiger charge is 2.17. The summed E-state index contributed by atoms with van der Waals surface area (Å²) in [7, 11) is 0. The zero-order valence-corrected chi connectivity index (χ0v) is 13.6. The standard InChI is InChI=1S/C11H4Br2Cl2OS/c12-7-4-9(17-11(7)13)10(16)6-3-5(14)1-2-8(6)15/h1-4H. The van der Waals surface area contributed by atoms with Crippen molar-refractivity contribution in [3.63, 3.8) is 0 Å². The zero-order chi connectivity index (χ0) is 12.6. The van der Waals surface area contributed by atoms with Gasteiger partial charge in [-0.2, -0.15) is 0 Å². The van der Waals surface area contributed by atoms with E-state index in [4.69, 9.17) is 23.2 Å². The van der Waals surface area contributed by atoms with E-state index in [1.165, 1.54) is 11.3 Å². The molecule has 0 bridgehead atoms. The minimum absolute atomic E-state index is 0.131. The fourth-order valence-corrected chi connectivity index (χ4v) is 3.63. The molecule has 0 spiro atoms. The highest BCUT2D eigenvalue weighted by Crippen LogP contribution is 2.34. The van der Waals surface area contributed by atoms with Gasteiger partial charge in [-0.25, -0.2) is 0 Å². The SMILES string of the molecule is O=C(c1cc(Br)c(Br)s1)c1cc(Cl)ccc1Cl. The van der Waals surface area contributed by atoms with Crippen molar-refractivity contribution in [2.24, 2.45) is 0 Å². The first kappa shape index (κ1) is 13.6. The summed E-state index contributed by atoms with van der Waals surface area (Å²) in [5, 5.41) is 0.896. The van der Waals surface area contributed by atoms with Crippen LogP contribution < -0.4 is 0 Å². The van der Waals surface area contributed by atoms with Gasteiger partial charge in [0.1, 0.15) is 0 Å². The zero-order valence-electron chi connectivity index (χ0n) is 8.14. The third kappa shape index (κ3) is 2.93. The molecule has 0 fully saturated rings. The van der Waals surface area contributed by atoms with Crippen molar-refractivity contribution in [2.45, 2.75) is 0 Å². The van der Waals surface area contributed by atoms with Crippen LogP contribution in [0.5, 0.6) is 0 Å². The van der Waals surface area contributed by atoms with Crippen molar-refractivity contribution in [3.05, 3.63) is 53.0 Å². The average Bonchev–Trinajstić information content (AvgIpc) is 2.62. The smallest absolute Gasteiger partial charge is 0.204 e. The summed E-state index contributed by atoms with van der Waals surface area (Å²) in [5.41, 5.74) is 0.417. The van der Waals surface area contributed by atoms with Crippen molar-refractivity contribution in [2.75, 3.05) is 0 Å². The molecule has 0 N–H and O–H groups in total. The van der Waals surface area contributed by atoms with Crippen LogP contribution in [0.1, 0.15) is 15.2 Å². The minimum atomic E-state index is -0.131. The highest BCUT2D eigenvalue weighted by molar-refractivity contribution is 9.13. The van der Waals surface area contributed by atoms with Gasteiger partial charge in [0.05, 0.1) is 13.7 Å². The first-order chi connectivity index (χ1) is 7.99. The second-order valence-electron chi connectivity index (χ2n) is 3.19. The first-order valence-corrected chi connectivity index (χ1v) is 7.59. The molecule has 1 heterocycles. The number of ketones is 1. The predicted octanol–water partition coefficient (Wildman–Crippen LogP) is 5.81. The van der Waals surface area contributed by atoms with Gasteiger partial charge in [0.15, 0.2) is 0 Å². The molecule has 0 aliphatic rings. The van der Waals surface area contributed by atoms with Crippen LogP contribution in [0, 0.1) is 0 Å². The van der Waals surface area contributed by atoms with Crippen LogP contribution >= 0.6 is 66.4 Å². The number of halogens is 4. The van der Waals surface area contributed by atoms with E-state index in [1.807, 2.05) is 0 Å². The van der Waals surface area contributed by atoms with Gasteiger partial charge in [-0.1, -0.05) is 23.2 Å². The van der Waals surface area contributed by atoms with Crippen LogP contribution in [0.3, 0.4) is 0 Å². The van der Waals surface area contributed by atoms with Gasteiger partial charge < -0.3 is 0 Å². The molecule has 88 valence electrons. The Morgan fingerprint density at radius 2 is 1.88 bits per heavy atom. The molecular formula is C11H4Br2Cl2OS. The molecule has 0 atom stereocenters. The van der Waals surface area contributed by atoms with Gasteiger partial charge in [0.25, 0.3) is 0 Å². The normalized spacial score (nSPS) is 10.6. The molecule has 2 rings (SSSR count). The fraction of sp³-hybridized carbons (Fsp3) is 0. The number of hydrogen-bond donors (Lipinski definition) is 0. The molecule has 2 aromatic rings. The Balaban J connectivity index is 2.47. The number of rotatable bonds is 2. The Hall–Kier alpha value is 0.130. The number of benzene rings is 1. The van der Waals surface area contributed by atoms with Crippen LogP contribution in [0.15, 0.2) is 32.5 Å². The van der Waals surface area contributed by atoms with E-state index < -0.39 is 0 Å². The van der Waals surface area contributed by atoms with Crippen molar-refractivity contribution in [3.8, 4) is 0 Å². The van der Waals surface area contributed by atoms with Gasteiger partial charge in [-0.05, 0) is 56.1 Å². The lowest BCUT2D eigenvalue weighted by Crippen LogP contribution is -1.99. The van der Waals surface area contributed by atoms with Gasteiger partial charge >= 0.3 is 0 Å². The van der Waals surface area contributed by atoms with E-state index in [0.717, 1.165) is 8.26 Å². The quantitative estimate of drug-likeness (QED) is 0.566.